The van der Waals surface area contributed by atoms with Crippen LogP contribution in [0.25, 0.3) is 77.2 Å². The monoisotopic (exact) mass is 1020 g/mol. The Morgan fingerprint density at radius 3 is 1.10 bits per heavy atom. The third kappa shape index (κ3) is 9.56. The van der Waals surface area contributed by atoms with E-state index in [1.807, 2.05) is 12.1 Å². The minimum absolute atomic E-state index is 0.0620. The predicted octanol–water partition coefficient (Wildman–Crippen LogP) is 16.9. The number of ether oxygens (including phenoxy) is 2. The number of aliphatic hydroxyl groups is 2. The summed E-state index contributed by atoms with van der Waals surface area (Å²) in [5.74, 6) is 1.54. The Morgan fingerprint density at radius 2 is 0.658 bits per heavy atom. The van der Waals surface area contributed by atoms with E-state index in [2.05, 4.69) is 255 Å². The Bertz CT molecular complexity index is 3910. The summed E-state index contributed by atoms with van der Waals surface area (Å²) >= 11 is 0. The average molecular weight is 1020 g/mol. The van der Waals surface area contributed by atoms with Crippen molar-refractivity contribution in [2.75, 3.05) is 26.4 Å². The molecular formula is C75H58O4. The number of hydrogen-bond acceptors (Lipinski definition) is 4. The highest BCUT2D eigenvalue weighted by Gasteiger charge is 2.47. The molecule has 0 heterocycles. The van der Waals surface area contributed by atoms with Gasteiger partial charge in [0, 0.05) is 12.8 Å². The summed E-state index contributed by atoms with van der Waals surface area (Å²) in [6.45, 7) is 0.317. The van der Waals surface area contributed by atoms with Gasteiger partial charge in [-0.25, -0.2) is 0 Å². The van der Waals surface area contributed by atoms with E-state index in [1.165, 1.54) is 66.1 Å². The Morgan fingerprint density at radius 1 is 0.291 bits per heavy atom. The first-order valence-corrected chi connectivity index (χ1v) is 27.3. The Hall–Kier alpha value is -9.32. The molecule has 0 unspecified atom stereocenters. The summed E-state index contributed by atoms with van der Waals surface area (Å²) in [5.41, 5.74) is 19.9. The summed E-state index contributed by atoms with van der Waals surface area (Å²) < 4.78 is 12.3. The first-order valence-electron chi connectivity index (χ1n) is 27.3. The van der Waals surface area contributed by atoms with Crippen molar-refractivity contribution >= 4 is 21.5 Å². The fourth-order valence-corrected chi connectivity index (χ4v) is 12.1. The summed E-state index contributed by atoms with van der Waals surface area (Å²) in [6.07, 6.45) is 1.38. The molecular weight excluding hydrogens is 965 g/mol. The summed E-state index contributed by atoms with van der Waals surface area (Å²) in [6, 6.07) is 97.3. The van der Waals surface area contributed by atoms with Crippen LogP contribution < -0.4 is 9.47 Å². The molecule has 0 spiro atoms. The molecule has 4 heteroatoms. The third-order valence-electron chi connectivity index (χ3n) is 15.9. The lowest BCUT2D eigenvalue weighted by atomic mass is 9.66. The van der Waals surface area contributed by atoms with E-state index in [-0.39, 0.29) is 26.4 Å². The lowest BCUT2D eigenvalue weighted by Crippen LogP contribution is -2.28. The van der Waals surface area contributed by atoms with Crippen LogP contribution in [0.3, 0.4) is 0 Å². The number of aliphatic hydroxyl groups excluding tert-OH is 2. The zero-order valence-corrected chi connectivity index (χ0v) is 43.9. The molecule has 0 radical (unpaired) electrons. The Labute approximate surface area is 462 Å². The van der Waals surface area contributed by atoms with Crippen LogP contribution in [0.5, 0.6) is 11.5 Å². The minimum Gasteiger partial charge on any atom is -0.491 e. The highest BCUT2D eigenvalue weighted by Crippen LogP contribution is 2.58. The maximum Gasteiger partial charge on any atom is 0.122 e. The molecule has 12 aromatic rings. The van der Waals surface area contributed by atoms with Gasteiger partial charge in [0.15, 0.2) is 0 Å². The van der Waals surface area contributed by atoms with Gasteiger partial charge in [-0.3, -0.25) is 0 Å². The molecule has 13 rings (SSSR count). The van der Waals surface area contributed by atoms with Gasteiger partial charge in [-0.1, -0.05) is 206 Å². The molecule has 0 aliphatic heterocycles. The van der Waals surface area contributed by atoms with Crippen LogP contribution in [-0.4, -0.2) is 36.6 Å². The molecule has 382 valence electrons. The van der Waals surface area contributed by atoms with Crippen molar-refractivity contribution in [3.8, 4) is 67.1 Å². The van der Waals surface area contributed by atoms with Gasteiger partial charge in [0.1, 0.15) is 24.7 Å². The van der Waals surface area contributed by atoms with E-state index in [1.54, 1.807) is 0 Å². The maximum absolute atomic E-state index is 9.81. The number of hydrogen-bond donors (Lipinski definition) is 2. The van der Waals surface area contributed by atoms with Crippen molar-refractivity contribution in [3.63, 3.8) is 0 Å². The first-order chi connectivity index (χ1) is 39.0. The highest BCUT2D eigenvalue weighted by molar-refractivity contribution is 5.95. The first kappa shape index (κ1) is 49.3. The smallest absolute Gasteiger partial charge is 0.122 e. The fourth-order valence-electron chi connectivity index (χ4n) is 12.1. The van der Waals surface area contributed by atoms with Gasteiger partial charge in [-0.2, -0.15) is 0 Å². The second-order valence-electron chi connectivity index (χ2n) is 20.7. The molecule has 0 saturated heterocycles. The second-order valence-corrected chi connectivity index (χ2v) is 20.7. The van der Waals surface area contributed by atoms with E-state index in [9.17, 15) is 10.2 Å². The SMILES string of the molecule is OCCOc1ccc(-c2cccc(C3(c4cccc(-c5ccc(OCCO)c(Cc6ccccc6)c5)c4)c4ccc(-c5ccc6ccccc6c5)cc4-c4cc(-c5ccc6ccccc6c5)ccc43)c2)cc1Cc1ccccc1. The summed E-state index contributed by atoms with van der Waals surface area (Å²) in [4.78, 5) is 0. The quantitative estimate of drug-likeness (QED) is 0.101. The highest BCUT2D eigenvalue weighted by atomic mass is 16.5. The molecule has 12 aromatic carbocycles. The number of rotatable bonds is 16. The molecule has 79 heavy (non-hydrogen) atoms. The lowest BCUT2D eigenvalue weighted by Gasteiger charge is -2.35. The van der Waals surface area contributed by atoms with Gasteiger partial charge < -0.3 is 19.7 Å². The van der Waals surface area contributed by atoms with Crippen LogP contribution in [-0.2, 0) is 18.3 Å². The normalized spacial score (nSPS) is 12.3. The molecule has 0 amide bonds. The topological polar surface area (TPSA) is 58.9 Å². The summed E-state index contributed by atoms with van der Waals surface area (Å²) in [5, 5.41) is 24.5. The van der Waals surface area contributed by atoms with Crippen LogP contribution in [0.1, 0.15) is 44.5 Å². The van der Waals surface area contributed by atoms with Crippen LogP contribution in [0.15, 0.2) is 267 Å². The average Bonchev–Trinajstić information content (AvgIpc) is 3.13. The number of fused-ring (bicyclic) bond motifs is 5. The molecule has 0 aromatic heterocycles. The van der Waals surface area contributed by atoms with Crippen LogP contribution >= 0.6 is 0 Å². The van der Waals surface area contributed by atoms with E-state index in [4.69, 9.17) is 9.47 Å². The lowest BCUT2D eigenvalue weighted by molar-refractivity contribution is 0.200. The van der Waals surface area contributed by atoms with Crippen molar-refractivity contribution in [1.82, 2.24) is 0 Å². The van der Waals surface area contributed by atoms with E-state index < -0.39 is 5.41 Å². The van der Waals surface area contributed by atoms with Gasteiger partial charge in [-0.15, -0.1) is 0 Å². The maximum atomic E-state index is 9.81. The van der Waals surface area contributed by atoms with Crippen molar-refractivity contribution in [2.45, 2.75) is 18.3 Å². The van der Waals surface area contributed by atoms with Gasteiger partial charge >= 0.3 is 0 Å². The van der Waals surface area contributed by atoms with Crippen molar-refractivity contribution in [1.29, 1.82) is 0 Å². The molecule has 1 aliphatic rings. The van der Waals surface area contributed by atoms with Gasteiger partial charge in [0.05, 0.1) is 18.6 Å². The van der Waals surface area contributed by atoms with Crippen molar-refractivity contribution in [2.24, 2.45) is 0 Å². The number of benzene rings is 12. The standard InChI is InChI=1S/C75H58O4/c76-37-39-78-73-35-31-61(45-65(73)41-51-13-3-1-4-14-51)57-21-11-23-67(47-57)75(68-24-12-22-58(48-68)62-32-36-74(79-40-38-77)66(46-62)42-52-15-5-2-6-16-52)71-33-29-63(59-27-25-53-17-7-9-19-55(53)43-59)49-69(71)70-50-64(30-34-72(70)75)60-28-26-54-18-8-10-20-56(54)44-60/h1-36,43-50,76-77H,37-42H2. The molecule has 0 fully saturated rings. The van der Waals surface area contributed by atoms with Crippen molar-refractivity contribution < 1.29 is 19.7 Å². The zero-order valence-electron chi connectivity index (χ0n) is 43.9. The molecule has 0 bridgehead atoms. The largest absolute Gasteiger partial charge is 0.491 e. The van der Waals surface area contributed by atoms with Crippen LogP contribution in [0, 0.1) is 0 Å². The van der Waals surface area contributed by atoms with E-state index >= 15 is 0 Å². The van der Waals surface area contributed by atoms with E-state index in [0.29, 0.717) is 12.8 Å². The third-order valence-corrected chi connectivity index (χ3v) is 15.9. The Balaban J connectivity index is 1.04. The molecule has 0 saturated carbocycles. The zero-order chi connectivity index (χ0) is 53.1. The summed E-state index contributed by atoms with van der Waals surface area (Å²) in [7, 11) is 0. The van der Waals surface area contributed by atoms with Gasteiger partial charge in [-0.05, 0) is 182 Å². The second kappa shape index (κ2) is 21.6. The fraction of sp³-hybridized carbons (Fsp3) is 0.0933. The molecule has 0 atom stereocenters. The molecule has 1 aliphatic carbocycles. The van der Waals surface area contributed by atoms with Crippen LogP contribution in [0.4, 0.5) is 0 Å². The van der Waals surface area contributed by atoms with E-state index in [0.717, 1.165) is 67.1 Å². The van der Waals surface area contributed by atoms with Gasteiger partial charge in [0.25, 0.3) is 0 Å². The molecule has 4 nitrogen and oxygen atoms in total. The minimum atomic E-state index is -0.769. The van der Waals surface area contributed by atoms with Crippen molar-refractivity contribution in [3.05, 3.63) is 311 Å². The molecule has 2 N–H and O–H groups in total. The Kier molecular flexibility index (Phi) is 13.5. The predicted molar refractivity (Wildman–Crippen MR) is 324 cm³/mol. The van der Waals surface area contributed by atoms with Gasteiger partial charge in [0.2, 0.25) is 0 Å². The van der Waals surface area contributed by atoms with Crippen LogP contribution in [0.2, 0.25) is 0 Å².